The summed E-state index contributed by atoms with van der Waals surface area (Å²) in [5.74, 6) is 0.141. The molecule has 4 heterocycles. The van der Waals surface area contributed by atoms with E-state index in [1.165, 1.54) is 12.1 Å². The molecule has 3 aromatic heterocycles. The quantitative estimate of drug-likeness (QED) is 0.468. The lowest BCUT2D eigenvalue weighted by atomic mass is 10.0. The fraction of sp³-hybridized carbons (Fsp3) is 0.192. The molecule has 8 heteroatoms. The standard InChI is InChI=1S/C26H23N5O3/c1-15(2)30-10-9-27-24(30)21-5-4-6-23(29-21)31-14-18-8-7-17(12-20(18)25(31)32)22-13-19(26(33)34)11-16(3)28-22/h4-13,15H,14H2,1-3H3,(H,33,34). The predicted molar refractivity (Wildman–Crippen MR) is 128 cm³/mol. The zero-order chi connectivity index (χ0) is 24.0. The number of hydrogen-bond acceptors (Lipinski definition) is 5. The number of carbonyl (C=O) groups is 2. The Bertz CT molecular complexity index is 1440. The monoisotopic (exact) mass is 453 g/mol. The van der Waals surface area contributed by atoms with Crippen LogP contribution in [0.5, 0.6) is 0 Å². The van der Waals surface area contributed by atoms with Crippen LogP contribution in [0, 0.1) is 6.92 Å². The van der Waals surface area contributed by atoms with Gasteiger partial charge in [-0.1, -0.05) is 18.2 Å². The molecule has 0 spiro atoms. The molecule has 0 bridgehead atoms. The van der Waals surface area contributed by atoms with Crippen LogP contribution in [-0.2, 0) is 6.54 Å². The molecular weight excluding hydrogens is 430 g/mol. The average molecular weight is 454 g/mol. The summed E-state index contributed by atoms with van der Waals surface area (Å²) in [6.45, 7) is 6.32. The van der Waals surface area contributed by atoms with Crippen LogP contribution in [0.4, 0.5) is 5.82 Å². The molecule has 0 fully saturated rings. The Morgan fingerprint density at radius 2 is 1.88 bits per heavy atom. The highest BCUT2D eigenvalue weighted by Crippen LogP contribution is 2.32. The van der Waals surface area contributed by atoms with Crippen LogP contribution in [0.15, 0.2) is 60.9 Å². The summed E-state index contributed by atoms with van der Waals surface area (Å²) in [5.41, 5.74) is 4.13. The van der Waals surface area contributed by atoms with E-state index < -0.39 is 5.97 Å². The first-order chi connectivity index (χ1) is 16.3. The normalized spacial score (nSPS) is 12.9. The molecule has 0 atom stereocenters. The topological polar surface area (TPSA) is 101 Å². The number of amides is 1. The number of anilines is 1. The van der Waals surface area contributed by atoms with Gasteiger partial charge in [-0.3, -0.25) is 14.7 Å². The van der Waals surface area contributed by atoms with Crippen LogP contribution in [-0.4, -0.2) is 36.5 Å². The third-order valence-corrected chi connectivity index (χ3v) is 5.88. The van der Waals surface area contributed by atoms with Crippen LogP contribution in [0.1, 0.15) is 51.9 Å². The molecular formula is C26H23N5O3. The van der Waals surface area contributed by atoms with Crippen molar-refractivity contribution in [2.45, 2.75) is 33.4 Å². The van der Waals surface area contributed by atoms with Gasteiger partial charge in [0.1, 0.15) is 11.5 Å². The number of rotatable bonds is 5. The van der Waals surface area contributed by atoms with Gasteiger partial charge in [0.2, 0.25) is 0 Å². The third-order valence-electron chi connectivity index (χ3n) is 5.88. The lowest BCUT2D eigenvalue weighted by molar-refractivity contribution is 0.0696. The Hall–Kier alpha value is -4.33. The van der Waals surface area contributed by atoms with Crippen molar-refractivity contribution in [3.05, 3.63) is 83.3 Å². The predicted octanol–water partition coefficient (Wildman–Crippen LogP) is 4.76. The minimum absolute atomic E-state index is 0.153. The number of fused-ring (bicyclic) bond motifs is 1. The van der Waals surface area contributed by atoms with E-state index >= 15 is 0 Å². The number of carboxylic acids is 1. The molecule has 170 valence electrons. The fourth-order valence-electron chi connectivity index (χ4n) is 4.21. The van der Waals surface area contributed by atoms with Gasteiger partial charge in [-0.05, 0) is 56.7 Å². The van der Waals surface area contributed by atoms with E-state index in [1.54, 1.807) is 24.1 Å². The zero-order valence-electron chi connectivity index (χ0n) is 19.1. The average Bonchev–Trinajstić information content (AvgIpc) is 3.44. The molecule has 0 saturated carbocycles. The smallest absolute Gasteiger partial charge is 0.335 e. The third kappa shape index (κ3) is 3.73. The second kappa shape index (κ2) is 8.22. The van der Waals surface area contributed by atoms with Gasteiger partial charge in [-0.15, -0.1) is 0 Å². The van der Waals surface area contributed by atoms with Crippen LogP contribution < -0.4 is 4.90 Å². The first-order valence-corrected chi connectivity index (χ1v) is 11.0. The number of benzene rings is 1. The Morgan fingerprint density at radius 3 is 2.65 bits per heavy atom. The number of imidazole rings is 1. The van der Waals surface area contributed by atoms with Gasteiger partial charge in [0.05, 0.1) is 17.8 Å². The van der Waals surface area contributed by atoms with E-state index in [0.29, 0.717) is 40.6 Å². The summed E-state index contributed by atoms with van der Waals surface area (Å²) < 4.78 is 2.04. The molecule has 8 nitrogen and oxygen atoms in total. The van der Waals surface area contributed by atoms with E-state index in [4.69, 9.17) is 4.98 Å². The number of carboxylic acid groups (broad SMARTS) is 1. The van der Waals surface area contributed by atoms with Crippen molar-refractivity contribution in [3.8, 4) is 22.8 Å². The molecule has 1 aromatic carbocycles. The lowest BCUT2D eigenvalue weighted by Gasteiger charge is -2.16. The molecule has 1 aliphatic rings. The van der Waals surface area contributed by atoms with Gasteiger partial charge in [-0.2, -0.15) is 0 Å². The van der Waals surface area contributed by atoms with Gasteiger partial charge in [-0.25, -0.2) is 14.8 Å². The summed E-state index contributed by atoms with van der Waals surface area (Å²) >= 11 is 0. The van der Waals surface area contributed by atoms with E-state index in [9.17, 15) is 14.7 Å². The SMILES string of the molecule is Cc1cc(C(=O)O)cc(-c2ccc3c(c2)C(=O)N(c2cccc(-c4nccn4C(C)C)n2)C3)n1. The van der Waals surface area contributed by atoms with Crippen LogP contribution in [0.2, 0.25) is 0 Å². The summed E-state index contributed by atoms with van der Waals surface area (Å²) in [5, 5.41) is 9.38. The second-order valence-electron chi connectivity index (χ2n) is 8.58. The molecule has 4 aromatic rings. The molecule has 0 aliphatic carbocycles. The number of pyridine rings is 2. The summed E-state index contributed by atoms with van der Waals surface area (Å²) in [6.07, 6.45) is 3.67. The highest BCUT2D eigenvalue weighted by molar-refractivity contribution is 6.10. The van der Waals surface area contributed by atoms with Gasteiger partial charge >= 0.3 is 5.97 Å². The van der Waals surface area contributed by atoms with Crippen molar-refractivity contribution >= 4 is 17.7 Å². The Morgan fingerprint density at radius 1 is 1.06 bits per heavy atom. The van der Waals surface area contributed by atoms with Gasteiger partial charge in [0.25, 0.3) is 5.91 Å². The Labute approximate surface area is 196 Å². The van der Waals surface area contributed by atoms with Gasteiger partial charge < -0.3 is 9.67 Å². The number of aryl methyl sites for hydroxylation is 1. The van der Waals surface area contributed by atoms with Crippen LogP contribution in [0.25, 0.3) is 22.8 Å². The van der Waals surface area contributed by atoms with Crippen LogP contribution in [0.3, 0.4) is 0 Å². The molecule has 34 heavy (non-hydrogen) atoms. The Balaban J connectivity index is 1.48. The molecule has 0 radical (unpaired) electrons. The minimum Gasteiger partial charge on any atom is -0.478 e. The van der Waals surface area contributed by atoms with Gasteiger partial charge in [0.15, 0.2) is 5.82 Å². The summed E-state index contributed by atoms with van der Waals surface area (Å²) in [6, 6.07) is 14.4. The number of aromatic nitrogens is 4. The number of hydrogen-bond donors (Lipinski definition) is 1. The van der Waals surface area contributed by atoms with Crippen LogP contribution >= 0.6 is 0 Å². The van der Waals surface area contributed by atoms with Crippen molar-refractivity contribution in [2.24, 2.45) is 0 Å². The number of nitrogens with zero attached hydrogens (tertiary/aromatic N) is 5. The summed E-state index contributed by atoms with van der Waals surface area (Å²) in [4.78, 5) is 40.1. The number of carbonyl (C=O) groups excluding carboxylic acids is 1. The van der Waals surface area contributed by atoms with E-state index in [2.05, 4.69) is 23.8 Å². The molecule has 0 saturated heterocycles. The van der Waals surface area contributed by atoms with Crippen molar-refractivity contribution in [2.75, 3.05) is 4.90 Å². The maximum absolute atomic E-state index is 13.3. The molecule has 1 aliphatic heterocycles. The minimum atomic E-state index is -1.01. The van der Waals surface area contributed by atoms with Crippen molar-refractivity contribution in [3.63, 3.8) is 0 Å². The van der Waals surface area contributed by atoms with E-state index in [1.807, 2.05) is 41.1 Å². The number of aromatic carboxylic acids is 1. The summed E-state index contributed by atoms with van der Waals surface area (Å²) in [7, 11) is 0. The first-order valence-electron chi connectivity index (χ1n) is 11.0. The Kier molecular flexibility index (Phi) is 5.20. The van der Waals surface area contributed by atoms with Crippen molar-refractivity contribution in [1.29, 1.82) is 0 Å². The highest BCUT2D eigenvalue weighted by atomic mass is 16.4. The van der Waals surface area contributed by atoms with Gasteiger partial charge in [0, 0.05) is 35.3 Å². The molecule has 1 N–H and O–H groups in total. The maximum Gasteiger partial charge on any atom is 0.335 e. The van der Waals surface area contributed by atoms with E-state index in [-0.39, 0.29) is 17.5 Å². The first kappa shape index (κ1) is 21.5. The molecule has 5 rings (SSSR count). The van der Waals surface area contributed by atoms with Crippen molar-refractivity contribution < 1.29 is 14.7 Å². The molecule has 0 unspecified atom stereocenters. The molecule has 1 amide bonds. The maximum atomic E-state index is 13.3. The fourth-order valence-corrected chi connectivity index (χ4v) is 4.21. The van der Waals surface area contributed by atoms with E-state index in [0.717, 1.165) is 11.4 Å². The lowest BCUT2D eigenvalue weighted by Crippen LogP contribution is -2.24. The van der Waals surface area contributed by atoms with Crippen molar-refractivity contribution in [1.82, 2.24) is 19.5 Å². The highest BCUT2D eigenvalue weighted by Gasteiger charge is 2.30. The zero-order valence-corrected chi connectivity index (χ0v) is 19.1. The second-order valence-corrected chi connectivity index (χ2v) is 8.58. The largest absolute Gasteiger partial charge is 0.478 e.